The van der Waals surface area contributed by atoms with Gasteiger partial charge in [-0.2, -0.15) is 0 Å². The van der Waals surface area contributed by atoms with Gasteiger partial charge >= 0.3 is 0 Å². The molecule has 1 N–H and O–H groups in total. The van der Waals surface area contributed by atoms with Crippen LogP contribution in [0.3, 0.4) is 0 Å². The molecule has 0 bridgehead atoms. The number of hydrogen-bond donors (Lipinski definition) is 1. The topological polar surface area (TPSA) is 57.6 Å². The third-order valence-electron chi connectivity index (χ3n) is 5.70. The van der Waals surface area contributed by atoms with Gasteiger partial charge in [0.2, 0.25) is 0 Å². The van der Waals surface area contributed by atoms with E-state index in [2.05, 4.69) is 20.8 Å². The summed E-state index contributed by atoms with van der Waals surface area (Å²) in [5, 5.41) is 13.8. The van der Waals surface area contributed by atoms with Gasteiger partial charge in [-0.05, 0) is 59.2 Å². The second kappa shape index (κ2) is 8.23. The van der Waals surface area contributed by atoms with Crippen molar-refractivity contribution in [1.29, 1.82) is 0 Å². The summed E-state index contributed by atoms with van der Waals surface area (Å²) in [5.41, 5.74) is 2.88. The second-order valence-corrected chi connectivity index (χ2v) is 10.4. The molecule has 4 nitrogen and oxygen atoms in total. The Kier molecular flexibility index (Phi) is 5.74. The van der Waals surface area contributed by atoms with Crippen LogP contribution in [0, 0.1) is 6.92 Å². The summed E-state index contributed by atoms with van der Waals surface area (Å²) in [6, 6.07) is 15.7. The van der Waals surface area contributed by atoms with E-state index in [1.165, 1.54) is 16.2 Å². The zero-order valence-electron chi connectivity index (χ0n) is 18.3. The van der Waals surface area contributed by atoms with Gasteiger partial charge in [-0.15, -0.1) is 11.3 Å². The lowest BCUT2D eigenvalue weighted by Crippen LogP contribution is -2.29. The molecule has 1 aliphatic rings. The Balaban J connectivity index is 1.96. The normalized spacial score (nSPS) is 18.4. The minimum atomic E-state index is -0.730. The summed E-state index contributed by atoms with van der Waals surface area (Å²) in [6.45, 7) is 8.15. The Morgan fingerprint density at radius 1 is 1.06 bits per heavy atom. The van der Waals surface area contributed by atoms with Crippen LogP contribution in [0.1, 0.15) is 48.4 Å². The van der Waals surface area contributed by atoms with E-state index in [9.17, 15) is 14.7 Å². The molecule has 1 aliphatic heterocycles. The second-order valence-electron chi connectivity index (χ2n) is 8.94. The van der Waals surface area contributed by atoms with Crippen LogP contribution in [-0.4, -0.2) is 16.8 Å². The summed E-state index contributed by atoms with van der Waals surface area (Å²) in [7, 11) is 0. The number of aliphatic hydroxyl groups is 1. The number of rotatable bonds is 3. The van der Waals surface area contributed by atoms with Gasteiger partial charge in [-0.3, -0.25) is 14.5 Å². The van der Waals surface area contributed by atoms with E-state index >= 15 is 0 Å². The number of hydrogen-bond acceptors (Lipinski definition) is 4. The number of nitrogens with zero attached hydrogens (tertiary/aromatic N) is 1. The highest BCUT2D eigenvalue weighted by molar-refractivity contribution is 7.10. The standard InChI is InChI=1S/C26H24ClNO3S/c1-15-10-11-16(26(2,3)4)13-19(15)23(29)21-22(20-9-6-12-32-20)28(25(31)24(21)30)18-8-5-7-17(27)14-18/h5-14,22,29H,1-4H3/b23-21+. The maximum absolute atomic E-state index is 13.3. The van der Waals surface area contributed by atoms with E-state index in [4.69, 9.17) is 11.6 Å². The summed E-state index contributed by atoms with van der Waals surface area (Å²) >= 11 is 7.60. The number of Topliss-reactive ketones (excluding diaryl/α,β-unsaturated/α-hetero) is 1. The molecule has 0 saturated carbocycles. The number of benzene rings is 2. The van der Waals surface area contributed by atoms with Crippen molar-refractivity contribution >= 4 is 46.1 Å². The van der Waals surface area contributed by atoms with E-state index in [1.54, 1.807) is 24.3 Å². The van der Waals surface area contributed by atoms with E-state index in [0.717, 1.165) is 16.0 Å². The molecule has 2 aromatic carbocycles. The highest BCUT2D eigenvalue weighted by Gasteiger charge is 2.47. The van der Waals surface area contributed by atoms with Crippen LogP contribution in [0.15, 0.2) is 65.6 Å². The Bertz CT molecular complexity index is 1240. The molecule has 2 heterocycles. The lowest BCUT2D eigenvalue weighted by molar-refractivity contribution is -0.132. The van der Waals surface area contributed by atoms with Crippen LogP contribution < -0.4 is 4.90 Å². The molecule has 0 radical (unpaired) electrons. The highest BCUT2D eigenvalue weighted by Crippen LogP contribution is 2.44. The molecule has 4 rings (SSSR count). The smallest absolute Gasteiger partial charge is 0.300 e. The number of halogens is 1. The third kappa shape index (κ3) is 3.87. The molecule has 1 unspecified atom stereocenters. The number of amides is 1. The van der Waals surface area contributed by atoms with E-state index in [1.807, 2.05) is 42.6 Å². The van der Waals surface area contributed by atoms with Gasteiger partial charge in [0.1, 0.15) is 11.8 Å². The Morgan fingerprint density at radius 3 is 2.44 bits per heavy atom. The molecule has 1 amide bonds. The summed E-state index contributed by atoms with van der Waals surface area (Å²) in [6.07, 6.45) is 0. The first-order valence-electron chi connectivity index (χ1n) is 10.3. The van der Waals surface area contributed by atoms with Crippen molar-refractivity contribution in [1.82, 2.24) is 0 Å². The van der Waals surface area contributed by atoms with Gasteiger partial charge in [-0.1, -0.05) is 56.6 Å². The first-order chi connectivity index (χ1) is 15.1. The van der Waals surface area contributed by atoms with Crippen LogP contribution in [0.4, 0.5) is 5.69 Å². The number of anilines is 1. The molecule has 0 aliphatic carbocycles. The first-order valence-corrected chi connectivity index (χ1v) is 11.6. The molecule has 1 fully saturated rings. The minimum absolute atomic E-state index is 0.0894. The van der Waals surface area contributed by atoms with Crippen molar-refractivity contribution in [2.75, 3.05) is 4.90 Å². The lowest BCUT2D eigenvalue weighted by atomic mass is 9.84. The molecule has 1 aromatic heterocycles. The lowest BCUT2D eigenvalue weighted by Gasteiger charge is -2.25. The van der Waals surface area contributed by atoms with Crippen LogP contribution in [0.25, 0.3) is 5.76 Å². The molecular formula is C26H24ClNO3S. The number of carbonyl (C=O) groups excluding carboxylic acids is 2. The van der Waals surface area contributed by atoms with Gasteiger partial charge < -0.3 is 5.11 Å². The zero-order valence-corrected chi connectivity index (χ0v) is 19.9. The van der Waals surface area contributed by atoms with Gasteiger partial charge in [0, 0.05) is 21.2 Å². The minimum Gasteiger partial charge on any atom is -0.507 e. The number of carbonyl (C=O) groups is 2. The highest BCUT2D eigenvalue weighted by atomic mass is 35.5. The maximum Gasteiger partial charge on any atom is 0.300 e. The number of aliphatic hydroxyl groups excluding tert-OH is 1. The Labute approximate surface area is 196 Å². The van der Waals surface area contributed by atoms with Crippen molar-refractivity contribution in [2.24, 2.45) is 0 Å². The van der Waals surface area contributed by atoms with E-state index in [-0.39, 0.29) is 16.7 Å². The quantitative estimate of drug-likeness (QED) is 0.268. The van der Waals surface area contributed by atoms with Crippen molar-refractivity contribution < 1.29 is 14.7 Å². The molecule has 164 valence electrons. The fourth-order valence-electron chi connectivity index (χ4n) is 3.93. The van der Waals surface area contributed by atoms with Crippen molar-refractivity contribution in [3.63, 3.8) is 0 Å². The van der Waals surface area contributed by atoms with Crippen LogP contribution >= 0.6 is 22.9 Å². The number of thiophene rings is 1. The van der Waals surface area contributed by atoms with Crippen molar-refractivity contribution in [2.45, 2.75) is 39.2 Å². The average Bonchev–Trinajstić information content (AvgIpc) is 3.34. The van der Waals surface area contributed by atoms with Crippen molar-refractivity contribution in [3.05, 3.63) is 92.1 Å². The summed E-state index contributed by atoms with van der Waals surface area (Å²) < 4.78 is 0. The number of ketones is 1. The first kappa shape index (κ1) is 22.3. The number of aryl methyl sites for hydroxylation is 1. The van der Waals surface area contributed by atoms with Gasteiger partial charge in [0.15, 0.2) is 0 Å². The van der Waals surface area contributed by atoms with Gasteiger partial charge in [0.05, 0.1) is 5.57 Å². The van der Waals surface area contributed by atoms with E-state index < -0.39 is 17.7 Å². The van der Waals surface area contributed by atoms with Crippen LogP contribution in [0.5, 0.6) is 0 Å². The van der Waals surface area contributed by atoms with Gasteiger partial charge in [-0.25, -0.2) is 0 Å². The summed E-state index contributed by atoms with van der Waals surface area (Å²) in [4.78, 5) is 28.6. The predicted molar refractivity (Wildman–Crippen MR) is 130 cm³/mol. The average molecular weight is 466 g/mol. The molecule has 1 saturated heterocycles. The molecule has 0 spiro atoms. The fourth-order valence-corrected chi connectivity index (χ4v) is 4.94. The molecule has 6 heteroatoms. The van der Waals surface area contributed by atoms with Crippen molar-refractivity contribution in [3.8, 4) is 0 Å². The zero-order chi connectivity index (χ0) is 23.2. The Morgan fingerprint density at radius 2 is 1.81 bits per heavy atom. The van der Waals surface area contributed by atoms with Gasteiger partial charge in [0.25, 0.3) is 11.7 Å². The Hall–Kier alpha value is -2.89. The predicted octanol–water partition coefficient (Wildman–Crippen LogP) is 6.63. The molecule has 32 heavy (non-hydrogen) atoms. The maximum atomic E-state index is 13.3. The fraction of sp³-hybridized carbons (Fsp3) is 0.231. The molecular weight excluding hydrogens is 442 g/mol. The SMILES string of the molecule is Cc1ccc(C(C)(C)C)cc1/C(O)=C1\C(=O)C(=O)N(c2cccc(Cl)c2)C1c1cccs1. The summed E-state index contributed by atoms with van der Waals surface area (Å²) in [5.74, 6) is -1.55. The molecule has 1 atom stereocenters. The largest absolute Gasteiger partial charge is 0.507 e. The third-order valence-corrected chi connectivity index (χ3v) is 6.86. The molecule has 3 aromatic rings. The van der Waals surface area contributed by atoms with Crippen LogP contribution in [-0.2, 0) is 15.0 Å². The monoisotopic (exact) mass is 465 g/mol. The van der Waals surface area contributed by atoms with E-state index in [0.29, 0.717) is 16.3 Å². The van der Waals surface area contributed by atoms with Crippen LogP contribution in [0.2, 0.25) is 5.02 Å².